The number of hydrogen-bond acceptors (Lipinski definition) is 5. The maximum Gasteiger partial charge on any atom is 0.305 e. The Morgan fingerprint density at radius 1 is 1.14 bits per heavy atom. The topological polar surface area (TPSA) is 61.8 Å². The summed E-state index contributed by atoms with van der Waals surface area (Å²) in [5.41, 5.74) is 0.471. The van der Waals surface area contributed by atoms with Crippen LogP contribution >= 0.6 is 0 Å². The average Bonchev–Trinajstić information content (AvgIpc) is 2.52. The Hall–Kier alpha value is -2.04. The largest absolute Gasteiger partial charge is 0.493 e. The molecule has 1 aromatic rings. The summed E-state index contributed by atoms with van der Waals surface area (Å²) in [5.74, 6) is 0.922. The van der Waals surface area contributed by atoms with Gasteiger partial charge >= 0.3 is 5.97 Å². The molecule has 0 spiro atoms. The summed E-state index contributed by atoms with van der Waals surface area (Å²) in [7, 11) is 0. The van der Waals surface area contributed by atoms with Crippen molar-refractivity contribution in [3.63, 3.8) is 0 Å². The molecule has 0 fully saturated rings. The van der Waals surface area contributed by atoms with Crippen molar-refractivity contribution in [3.05, 3.63) is 23.8 Å². The predicted octanol–water partition coefficient (Wildman–Crippen LogP) is 3.40. The lowest BCUT2D eigenvalue weighted by Gasteiger charge is -2.11. The minimum Gasteiger partial charge on any atom is -0.493 e. The van der Waals surface area contributed by atoms with E-state index in [4.69, 9.17) is 14.2 Å². The first-order valence-electron chi connectivity index (χ1n) is 7.71. The first kappa shape index (κ1) is 18.0. The van der Waals surface area contributed by atoms with E-state index in [9.17, 15) is 9.59 Å². The van der Waals surface area contributed by atoms with Crippen molar-refractivity contribution in [1.29, 1.82) is 0 Å². The van der Waals surface area contributed by atoms with Crippen LogP contribution < -0.4 is 9.47 Å². The monoisotopic (exact) mass is 308 g/mol. The summed E-state index contributed by atoms with van der Waals surface area (Å²) in [6.07, 6.45) is 3.63. The van der Waals surface area contributed by atoms with Gasteiger partial charge in [-0.15, -0.1) is 0 Å². The Morgan fingerprint density at radius 2 is 1.91 bits per heavy atom. The summed E-state index contributed by atoms with van der Waals surface area (Å²) >= 11 is 0. The Morgan fingerprint density at radius 3 is 2.59 bits per heavy atom. The SMILES string of the molecule is CCCCOc1ccc(C=O)c(OCCCC(=O)OCC)c1. The number of esters is 1. The summed E-state index contributed by atoms with van der Waals surface area (Å²) in [5, 5.41) is 0. The fraction of sp³-hybridized carbons (Fsp3) is 0.529. The second kappa shape index (κ2) is 10.7. The molecule has 0 aliphatic heterocycles. The number of carbonyl (C=O) groups excluding carboxylic acids is 2. The molecule has 0 atom stereocenters. The molecule has 22 heavy (non-hydrogen) atoms. The molecule has 0 saturated carbocycles. The Bertz CT molecular complexity index is 470. The summed E-state index contributed by atoms with van der Waals surface area (Å²) in [4.78, 5) is 22.3. The third kappa shape index (κ3) is 6.61. The lowest BCUT2D eigenvalue weighted by molar-refractivity contribution is -0.143. The molecule has 122 valence electrons. The van der Waals surface area contributed by atoms with Crippen molar-refractivity contribution in [2.75, 3.05) is 19.8 Å². The molecule has 0 aliphatic rings. The molecule has 5 heteroatoms. The second-order valence-electron chi connectivity index (χ2n) is 4.78. The lowest BCUT2D eigenvalue weighted by Crippen LogP contribution is -2.07. The molecule has 5 nitrogen and oxygen atoms in total. The molecule has 0 heterocycles. The Kier molecular flexibility index (Phi) is 8.72. The predicted molar refractivity (Wildman–Crippen MR) is 83.6 cm³/mol. The number of unbranched alkanes of at least 4 members (excludes halogenated alkanes) is 1. The van der Waals surface area contributed by atoms with Crippen molar-refractivity contribution in [2.45, 2.75) is 39.5 Å². The van der Waals surface area contributed by atoms with E-state index < -0.39 is 0 Å². The zero-order valence-corrected chi connectivity index (χ0v) is 13.3. The van der Waals surface area contributed by atoms with Gasteiger partial charge in [0.15, 0.2) is 6.29 Å². The number of aldehydes is 1. The second-order valence-corrected chi connectivity index (χ2v) is 4.78. The fourth-order valence-corrected chi connectivity index (χ4v) is 1.79. The van der Waals surface area contributed by atoms with E-state index in [2.05, 4.69) is 6.92 Å². The third-order valence-corrected chi connectivity index (χ3v) is 2.97. The van der Waals surface area contributed by atoms with Gasteiger partial charge in [-0.05, 0) is 31.9 Å². The van der Waals surface area contributed by atoms with Gasteiger partial charge in [0.1, 0.15) is 11.5 Å². The van der Waals surface area contributed by atoms with Crippen LogP contribution in [-0.2, 0) is 9.53 Å². The van der Waals surface area contributed by atoms with E-state index >= 15 is 0 Å². The van der Waals surface area contributed by atoms with Gasteiger partial charge in [0.05, 0.1) is 25.4 Å². The van der Waals surface area contributed by atoms with Gasteiger partial charge < -0.3 is 14.2 Å². The maximum atomic E-state index is 11.2. The number of rotatable bonds is 11. The highest BCUT2D eigenvalue weighted by atomic mass is 16.5. The molecule has 0 amide bonds. The fourth-order valence-electron chi connectivity index (χ4n) is 1.79. The van der Waals surface area contributed by atoms with Crippen molar-refractivity contribution < 1.29 is 23.8 Å². The molecule has 1 rings (SSSR count). The summed E-state index contributed by atoms with van der Waals surface area (Å²) < 4.78 is 16.0. The van der Waals surface area contributed by atoms with Crippen LogP contribution in [0.2, 0.25) is 0 Å². The smallest absolute Gasteiger partial charge is 0.305 e. The van der Waals surface area contributed by atoms with Crippen LogP contribution in [-0.4, -0.2) is 32.1 Å². The van der Waals surface area contributed by atoms with Crippen LogP contribution in [0, 0.1) is 0 Å². The van der Waals surface area contributed by atoms with Crippen molar-refractivity contribution in [3.8, 4) is 11.5 Å². The Labute approximate surface area is 131 Å². The normalized spacial score (nSPS) is 10.1. The van der Waals surface area contributed by atoms with E-state index in [1.165, 1.54) is 0 Å². The Balaban J connectivity index is 2.50. The van der Waals surface area contributed by atoms with Crippen molar-refractivity contribution in [2.24, 2.45) is 0 Å². The number of benzene rings is 1. The van der Waals surface area contributed by atoms with Crippen LogP contribution in [0.5, 0.6) is 11.5 Å². The van der Waals surface area contributed by atoms with Gasteiger partial charge in [0.2, 0.25) is 0 Å². The third-order valence-electron chi connectivity index (χ3n) is 2.97. The summed E-state index contributed by atoms with van der Waals surface area (Å²) in [6.45, 7) is 5.23. The molecule has 0 aliphatic carbocycles. The van der Waals surface area contributed by atoms with Crippen molar-refractivity contribution in [1.82, 2.24) is 0 Å². The molecule has 0 radical (unpaired) electrons. The van der Waals surface area contributed by atoms with Crippen LogP contribution in [0.15, 0.2) is 18.2 Å². The highest BCUT2D eigenvalue weighted by Crippen LogP contribution is 2.24. The molecule has 1 aromatic carbocycles. The number of carbonyl (C=O) groups is 2. The molecular formula is C17H24O5. The first-order valence-corrected chi connectivity index (χ1v) is 7.71. The van der Waals surface area contributed by atoms with Crippen molar-refractivity contribution >= 4 is 12.3 Å². The number of ether oxygens (including phenoxy) is 3. The van der Waals surface area contributed by atoms with Gasteiger partial charge in [-0.2, -0.15) is 0 Å². The van der Waals surface area contributed by atoms with E-state index in [1.807, 2.05) is 0 Å². The zero-order valence-electron chi connectivity index (χ0n) is 13.3. The van der Waals surface area contributed by atoms with E-state index in [1.54, 1.807) is 25.1 Å². The zero-order chi connectivity index (χ0) is 16.2. The number of hydrogen-bond donors (Lipinski definition) is 0. The van der Waals surface area contributed by atoms with Gasteiger partial charge in [0.25, 0.3) is 0 Å². The minimum absolute atomic E-state index is 0.238. The maximum absolute atomic E-state index is 11.2. The summed E-state index contributed by atoms with van der Waals surface area (Å²) in [6, 6.07) is 5.14. The van der Waals surface area contributed by atoms with E-state index in [-0.39, 0.29) is 5.97 Å². The van der Waals surface area contributed by atoms with Crippen LogP contribution in [0.1, 0.15) is 49.9 Å². The van der Waals surface area contributed by atoms with Gasteiger partial charge in [-0.3, -0.25) is 9.59 Å². The molecule has 0 N–H and O–H groups in total. The molecular weight excluding hydrogens is 284 g/mol. The van der Waals surface area contributed by atoms with Crippen LogP contribution in [0.4, 0.5) is 0 Å². The van der Waals surface area contributed by atoms with Gasteiger partial charge in [-0.1, -0.05) is 13.3 Å². The van der Waals surface area contributed by atoms with Gasteiger partial charge in [-0.25, -0.2) is 0 Å². The van der Waals surface area contributed by atoms with E-state index in [0.717, 1.165) is 19.1 Å². The standard InChI is InChI=1S/C17H24O5/c1-3-5-10-21-15-9-8-14(13-18)16(12-15)22-11-6-7-17(19)20-4-2/h8-9,12-13H,3-7,10-11H2,1-2H3. The highest BCUT2D eigenvalue weighted by Gasteiger charge is 2.07. The van der Waals surface area contributed by atoms with Crippen LogP contribution in [0.3, 0.4) is 0 Å². The first-order chi connectivity index (χ1) is 10.7. The molecule has 0 bridgehead atoms. The molecule has 0 aromatic heterocycles. The minimum atomic E-state index is -0.238. The highest BCUT2D eigenvalue weighted by molar-refractivity contribution is 5.79. The van der Waals surface area contributed by atoms with Crippen LogP contribution in [0.25, 0.3) is 0 Å². The quantitative estimate of drug-likeness (QED) is 0.356. The van der Waals surface area contributed by atoms with E-state index in [0.29, 0.717) is 49.7 Å². The lowest BCUT2D eigenvalue weighted by atomic mass is 10.2. The average molecular weight is 308 g/mol. The van der Waals surface area contributed by atoms with Gasteiger partial charge in [0, 0.05) is 12.5 Å². The molecule has 0 saturated heterocycles. The molecule has 0 unspecified atom stereocenters.